The maximum Gasteiger partial charge on any atom is 0.1000 e. The average Bonchev–Trinajstić information content (AvgIpc) is 3.20. The molecule has 0 fully saturated rings. The van der Waals surface area contributed by atoms with Gasteiger partial charge < -0.3 is 15.0 Å². The Labute approximate surface area is 141 Å². The van der Waals surface area contributed by atoms with Gasteiger partial charge in [-0.25, -0.2) is 0 Å². The molecule has 2 aromatic heterocycles. The molecule has 1 atom stereocenters. The van der Waals surface area contributed by atoms with Crippen molar-refractivity contribution >= 4 is 11.3 Å². The molecule has 0 aliphatic heterocycles. The second kappa shape index (κ2) is 7.13. The zero-order chi connectivity index (χ0) is 16.1. The summed E-state index contributed by atoms with van der Waals surface area (Å²) in [6.07, 6.45) is 4.25. The van der Waals surface area contributed by atoms with E-state index >= 15 is 0 Å². The molecule has 3 nitrogen and oxygen atoms in total. The molecule has 0 saturated heterocycles. The fraction of sp³-hybridized carbons (Fsp3) is 0.263. The Morgan fingerprint density at radius 3 is 2.70 bits per heavy atom. The van der Waals surface area contributed by atoms with Gasteiger partial charge in [0.1, 0.15) is 0 Å². The Bertz CT molecular complexity index is 717. The maximum absolute atomic E-state index is 10.5. The van der Waals surface area contributed by atoms with Crippen LogP contribution in [-0.2, 0) is 18.7 Å². The molecular weight excluding hydrogens is 304 g/mol. The van der Waals surface area contributed by atoms with E-state index in [2.05, 4.69) is 52.6 Å². The molecule has 3 rings (SSSR count). The van der Waals surface area contributed by atoms with E-state index in [0.29, 0.717) is 6.54 Å². The van der Waals surface area contributed by atoms with E-state index in [0.717, 1.165) is 18.7 Å². The monoisotopic (exact) mass is 326 g/mol. The zero-order valence-electron chi connectivity index (χ0n) is 13.3. The largest absolute Gasteiger partial charge is 0.384 e. The first kappa shape index (κ1) is 16.0. The number of rotatable bonds is 7. The lowest BCUT2D eigenvalue weighted by Gasteiger charge is -2.22. The Morgan fingerprint density at radius 2 is 1.96 bits per heavy atom. The lowest BCUT2D eigenvalue weighted by molar-refractivity contribution is 0.0571. The highest BCUT2D eigenvalue weighted by molar-refractivity contribution is 7.08. The highest BCUT2D eigenvalue weighted by atomic mass is 32.1. The molecule has 0 spiro atoms. The van der Waals surface area contributed by atoms with Crippen LogP contribution in [0, 0.1) is 0 Å². The topological polar surface area (TPSA) is 37.2 Å². The average molecular weight is 326 g/mol. The van der Waals surface area contributed by atoms with Crippen molar-refractivity contribution in [2.24, 2.45) is 0 Å². The SMILES string of the molecule is CC(O)(CNCc1ccn(Cc2ccccc2)c1)c1ccsc1. The molecule has 0 radical (unpaired) electrons. The van der Waals surface area contributed by atoms with Crippen LogP contribution in [0.3, 0.4) is 0 Å². The number of hydrogen-bond acceptors (Lipinski definition) is 3. The van der Waals surface area contributed by atoms with E-state index in [1.807, 2.05) is 29.8 Å². The van der Waals surface area contributed by atoms with Gasteiger partial charge in [-0.05, 0) is 46.5 Å². The second-order valence-corrected chi connectivity index (χ2v) is 6.85. The van der Waals surface area contributed by atoms with Gasteiger partial charge in [0, 0.05) is 32.0 Å². The van der Waals surface area contributed by atoms with E-state index in [4.69, 9.17) is 0 Å². The molecule has 1 unspecified atom stereocenters. The van der Waals surface area contributed by atoms with E-state index in [1.165, 1.54) is 11.1 Å². The molecule has 2 heterocycles. The first-order valence-electron chi connectivity index (χ1n) is 7.78. The first-order valence-corrected chi connectivity index (χ1v) is 8.72. The number of benzene rings is 1. The summed E-state index contributed by atoms with van der Waals surface area (Å²) < 4.78 is 2.18. The molecule has 2 N–H and O–H groups in total. The van der Waals surface area contributed by atoms with Gasteiger partial charge in [-0.3, -0.25) is 0 Å². The van der Waals surface area contributed by atoms with Crippen LogP contribution < -0.4 is 5.32 Å². The van der Waals surface area contributed by atoms with Crippen molar-refractivity contribution in [1.29, 1.82) is 0 Å². The van der Waals surface area contributed by atoms with Gasteiger partial charge in [-0.2, -0.15) is 11.3 Å². The van der Waals surface area contributed by atoms with Crippen molar-refractivity contribution in [3.63, 3.8) is 0 Å². The van der Waals surface area contributed by atoms with Crippen molar-refractivity contribution in [3.8, 4) is 0 Å². The molecule has 0 aliphatic rings. The van der Waals surface area contributed by atoms with Crippen LogP contribution in [0.4, 0.5) is 0 Å². The molecule has 23 heavy (non-hydrogen) atoms. The fourth-order valence-electron chi connectivity index (χ4n) is 2.61. The summed E-state index contributed by atoms with van der Waals surface area (Å²) in [5.74, 6) is 0. The van der Waals surface area contributed by atoms with Gasteiger partial charge in [0.05, 0.1) is 5.60 Å². The van der Waals surface area contributed by atoms with Crippen LogP contribution in [0.15, 0.2) is 65.6 Å². The highest BCUT2D eigenvalue weighted by Crippen LogP contribution is 2.22. The molecule has 0 bridgehead atoms. The summed E-state index contributed by atoms with van der Waals surface area (Å²) >= 11 is 1.61. The minimum Gasteiger partial charge on any atom is -0.384 e. The summed E-state index contributed by atoms with van der Waals surface area (Å²) in [5, 5.41) is 17.8. The van der Waals surface area contributed by atoms with Crippen molar-refractivity contribution in [2.45, 2.75) is 25.6 Å². The predicted molar refractivity (Wildman–Crippen MR) is 95.6 cm³/mol. The number of aromatic nitrogens is 1. The maximum atomic E-state index is 10.5. The zero-order valence-corrected chi connectivity index (χ0v) is 14.1. The normalized spacial score (nSPS) is 13.8. The van der Waals surface area contributed by atoms with Crippen LogP contribution in [0.2, 0.25) is 0 Å². The number of aliphatic hydroxyl groups is 1. The number of thiophene rings is 1. The molecule has 0 aliphatic carbocycles. The molecular formula is C19H22N2OS. The summed E-state index contributed by atoms with van der Waals surface area (Å²) in [4.78, 5) is 0. The fourth-order valence-corrected chi connectivity index (χ4v) is 3.39. The standard InChI is InChI=1S/C19H22N2OS/c1-19(22,18-8-10-23-14-18)15-20-11-17-7-9-21(13-17)12-16-5-3-2-4-6-16/h2-10,13-14,20,22H,11-12,15H2,1H3. The summed E-state index contributed by atoms with van der Waals surface area (Å²) in [5.41, 5.74) is 2.66. The number of hydrogen-bond donors (Lipinski definition) is 2. The van der Waals surface area contributed by atoms with Crippen LogP contribution >= 0.6 is 11.3 Å². The first-order chi connectivity index (χ1) is 11.1. The third-order valence-electron chi connectivity index (χ3n) is 3.96. The minimum absolute atomic E-state index is 0.535. The second-order valence-electron chi connectivity index (χ2n) is 6.07. The van der Waals surface area contributed by atoms with Crippen LogP contribution in [0.1, 0.15) is 23.6 Å². The van der Waals surface area contributed by atoms with Gasteiger partial charge >= 0.3 is 0 Å². The van der Waals surface area contributed by atoms with Crippen LogP contribution in [0.5, 0.6) is 0 Å². The lowest BCUT2D eigenvalue weighted by Crippen LogP contribution is -2.34. The highest BCUT2D eigenvalue weighted by Gasteiger charge is 2.22. The molecule has 1 aromatic carbocycles. The summed E-state index contributed by atoms with van der Waals surface area (Å²) in [6.45, 7) is 4.02. The van der Waals surface area contributed by atoms with Crippen LogP contribution in [-0.4, -0.2) is 16.2 Å². The molecule has 3 aromatic rings. The van der Waals surface area contributed by atoms with Crippen molar-refractivity contribution in [3.05, 3.63) is 82.3 Å². The molecule has 0 amide bonds. The van der Waals surface area contributed by atoms with Gasteiger partial charge in [0.2, 0.25) is 0 Å². The Kier molecular flexibility index (Phi) is 4.96. The number of nitrogens with zero attached hydrogens (tertiary/aromatic N) is 1. The van der Waals surface area contributed by atoms with Crippen molar-refractivity contribution in [1.82, 2.24) is 9.88 Å². The van der Waals surface area contributed by atoms with Gasteiger partial charge in [0.15, 0.2) is 0 Å². The number of nitrogens with one attached hydrogen (secondary N) is 1. The smallest absolute Gasteiger partial charge is 0.1000 e. The molecule has 0 saturated carbocycles. The lowest BCUT2D eigenvalue weighted by atomic mass is 9.99. The van der Waals surface area contributed by atoms with E-state index in [-0.39, 0.29) is 0 Å². The van der Waals surface area contributed by atoms with Gasteiger partial charge in [0.25, 0.3) is 0 Å². The predicted octanol–water partition coefficient (Wildman–Crippen LogP) is 3.60. The molecule has 120 valence electrons. The van der Waals surface area contributed by atoms with E-state index in [1.54, 1.807) is 11.3 Å². The van der Waals surface area contributed by atoms with Gasteiger partial charge in [-0.1, -0.05) is 30.3 Å². The Morgan fingerprint density at radius 1 is 1.13 bits per heavy atom. The van der Waals surface area contributed by atoms with Gasteiger partial charge in [-0.15, -0.1) is 0 Å². The summed E-state index contributed by atoms with van der Waals surface area (Å²) in [6, 6.07) is 14.5. The quantitative estimate of drug-likeness (QED) is 0.696. The Hall–Kier alpha value is -1.88. The third kappa shape index (κ3) is 4.32. The molecule has 4 heteroatoms. The van der Waals surface area contributed by atoms with Crippen molar-refractivity contribution in [2.75, 3.05) is 6.54 Å². The third-order valence-corrected chi connectivity index (χ3v) is 4.64. The van der Waals surface area contributed by atoms with E-state index in [9.17, 15) is 5.11 Å². The Balaban J connectivity index is 1.52. The van der Waals surface area contributed by atoms with Crippen molar-refractivity contribution < 1.29 is 5.11 Å². The van der Waals surface area contributed by atoms with Crippen LogP contribution in [0.25, 0.3) is 0 Å². The summed E-state index contributed by atoms with van der Waals surface area (Å²) in [7, 11) is 0. The van der Waals surface area contributed by atoms with E-state index < -0.39 is 5.60 Å². The minimum atomic E-state index is -0.827.